The normalized spacial score (nSPS) is 15.1. The number of ether oxygens (including phenoxy) is 2. The highest BCUT2D eigenvalue weighted by atomic mass is 32.2. The summed E-state index contributed by atoms with van der Waals surface area (Å²) < 4.78 is 36.3. The van der Waals surface area contributed by atoms with Gasteiger partial charge in [0, 0.05) is 13.1 Å². The fraction of sp³-hybridized carbons (Fsp3) is 0.409. The Balaban J connectivity index is 1.46. The summed E-state index contributed by atoms with van der Waals surface area (Å²) in [4.78, 5) is 14.1. The van der Waals surface area contributed by atoms with Gasteiger partial charge < -0.3 is 14.4 Å². The van der Waals surface area contributed by atoms with Gasteiger partial charge in [0.25, 0.3) is 5.91 Å². The van der Waals surface area contributed by atoms with Gasteiger partial charge in [-0.25, -0.2) is 8.42 Å². The molecule has 1 heterocycles. The summed E-state index contributed by atoms with van der Waals surface area (Å²) in [6.07, 6.45) is 0.925. The van der Waals surface area contributed by atoms with Crippen LogP contribution in [-0.2, 0) is 20.4 Å². The quantitative estimate of drug-likeness (QED) is 0.660. The summed E-state index contributed by atoms with van der Waals surface area (Å²) in [7, 11) is -3.23. The molecular formula is C22H27NO5S. The first-order chi connectivity index (χ1) is 14.0. The third-order valence-corrected chi connectivity index (χ3v) is 7.23. The number of carbonyl (C=O) groups is 1. The summed E-state index contributed by atoms with van der Waals surface area (Å²) in [6.45, 7) is 3.32. The van der Waals surface area contributed by atoms with E-state index in [0.29, 0.717) is 38.3 Å². The Morgan fingerprint density at radius 3 is 2.14 bits per heavy atom. The van der Waals surface area contributed by atoms with Crippen LogP contribution in [0.3, 0.4) is 0 Å². The van der Waals surface area contributed by atoms with E-state index < -0.39 is 15.1 Å². The molecule has 0 atom stereocenters. The van der Waals surface area contributed by atoms with Gasteiger partial charge in [-0.1, -0.05) is 30.3 Å². The van der Waals surface area contributed by atoms with Crippen molar-refractivity contribution in [3.05, 3.63) is 60.2 Å². The molecule has 0 aliphatic carbocycles. The lowest BCUT2D eigenvalue weighted by molar-refractivity contribution is -0.134. The maximum absolute atomic E-state index is 12.7. The second kappa shape index (κ2) is 9.78. The molecule has 6 nitrogen and oxygen atoms in total. The molecular weight excluding hydrogens is 390 g/mol. The fourth-order valence-corrected chi connectivity index (χ4v) is 5.25. The van der Waals surface area contributed by atoms with E-state index in [1.807, 2.05) is 37.3 Å². The van der Waals surface area contributed by atoms with E-state index in [2.05, 4.69) is 0 Å². The summed E-state index contributed by atoms with van der Waals surface area (Å²) in [5.74, 6) is 1.28. The molecule has 0 bridgehead atoms. The summed E-state index contributed by atoms with van der Waals surface area (Å²) in [6, 6.07) is 16.3. The third kappa shape index (κ3) is 5.97. The molecule has 7 heteroatoms. The van der Waals surface area contributed by atoms with E-state index in [1.54, 1.807) is 29.2 Å². The van der Waals surface area contributed by atoms with Crippen LogP contribution < -0.4 is 9.47 Å². The molecule has 3 rings (SSSR count). The molecule has 156 valence electrons. The number of rotatable bonds is 8. The first-order valence-corrected chi connectivity index (χ1v) is 11.6. The third-order valence-electron chi connectivity index (χ3n) is 5.01. The largest absolute Gasteiger partial charge is 0.494 e. The first kappa shape index (κ1) is 21.2. The fourth-order valence-electron chi connectivity index (χ4n) is 3.42. The number of carbonyl (C=O) groups excluding carboxylic acids is 1. The van der Waals surface area contributed by atoms with Crippen LogP contribution in [0.2, 0.25) is 0 Å². The molecule has 2 aromatic rings. The molecule has 0 aromatic heterocycles. The Labute approximate surface area is 172 Å². The van der Waals surface area contributed by atoms with Crippen molar-refractivity contribution in [2.24, 2.45) is 0 Å². The van der Waals surface area contributed by atoms with Crippen molar-refractivity contribution in [2.45, 2.75) is 30.8 Å². The predicted octanol–water partition coefficient (Wildman–Crippen LogP) is 3.07. The second-order valence-corrected chi connectivity index (χ2v) is 9.35. The summed E-state index contributed by atoms with van der Waals surface area (Å²) in [5, 5.41) is -0.404. The maximum Gasteiger partial charge on any atom is 0.260 e. The summed E-state index contributed by atoms with van der Waals surface area (Å²) in [5.41, 5.74) is 0.801. The SMILES string of the molecule is CCOc1ccc(OCC(=O)N2CCC(S(=O)(=O)Cc3ccccc3)CC2)cc1. The van der Waals surface area contributed by atoms with Crippen LogP contribution >= 0.6 is 0 Å². The number of likely N-dealkylation sites (tertiary alicyclic amines) is 1. The zero-order valence-corrected chi connectivity index (χ0v) is 17.4. The first-order valence-electron chi connectivity index (χ1n) is 9.87. The Morgan fingerprint density at radius 2 is 1.55 bits per heavy atom. The van der Waals surface area contributed by atoms with Crippen LogP contribution in [-0.4, -0.2) is 50.8 Å². The number of benzene rings is 2. The van der Waals surface area contributed by atoms with Gasteiger partial charge in [-0.15, -0.1) is 0 Å². The van der Waals surface area contributed by atoms with E-state index in [0.717, 1.165) is 11.3 Å². The van der Waals surface area contributed by atoms with Gasteiger partial charge in [0.15, 0.2) is 16.4 Å². The van der Waals surface area contributed by atoms with E-state index in [4.69, 9.17) is 9.47 Å². The molecule has 2 aromatic carbocycles. The van der Waals surface area contributed by atoms with Crippen molar-refractivity contribution in [3.63, 3.8) is 0 Å². The number of piperidine rings is 1. The Bertz CT molecular complexity index is 889. The van der Waals surface area contributed by atoms with E-state index >= 15 is 0 Å². The highest BCUT2D eigenvalue weighted by Crippen LogP contribution is 2.22. The molecule has 0 N–H and O–H groups in total. The molecule has 1 amide bonds. The molecule has 1 fully saturated rings. The molecule has 0 radical (unpaired) electrons. The molecule has 1 aliphatic rings. The Hall–Kier alpha value is -2.54. The standard InChI is InChI=1S/C22H27NO5S/c1-2-27-19-8-10-20(11-9-19)28-16-22(24)23-14-12-21(13-15-23)29(25,26)17-18-6-4-3-5-7-18/h3-11,21H,2,12-17H2,1H3. The highest BCUT2D eigenvalue weighted by Gasteiger charge is 2.31. The van der Waals surface area contributed by atoms with Crippen LogP contribution in [0.1, 0.15) is 25.3 Å². The molecule has 1 aliphatic heterocycles. The lowest BCUT2D eigenvalue weighted by Crippen LogP contribution is -2.44. The van der Waals surface area contributed by atoms with Crippen LogP contribution in [0.15, 0.2) is 54.6 Å². The molecule has 1 saturated heterocycles. The highest BCUT2D eigenvalue weighted by molar-refractivity contribution is 7.91. The van der Waals surface area contributed by atoms with Gasteiger partial charge in [-0.05, 0) is 49.6 Å². The van der Waals surface area contributed by atoms with Gasteiger partial charge in [0.05, 0.1) is 17.6 Å². The van der Waals surface area contributed by atoms with E-state index in [-0.39, 0.29) is 18.3 Å². The van der Waals surface area contributed by atoms with Gasteiger partial charge in [0.1, 0.15) is 11.5 Å². The van der Waals surface area contributed by atoms with E-state index in [9.17, 15) is 13.2 Å². The summed E-state index contributed by atoms with van der Waals surface area (Å²) >= 11 is 0. The number of hydrogen-bond acceptors (Lipinski definition) is 5. The molecule has 0 unspecified atom stereocenters. The van der Waals surface area contributed by atoms with Crippen LogP contribution in [0, 0.1) is 0 Å². The van der Waals surface area contributed by atoms with Crippen LogP contribution in [0.25, 0.3) is 0 Å². The van der Waals surface area contributed by atoms with Crippen molar-refractivity contribution >= 4 is 15.7 Å². The van der Waals surface area contributed by atoms with Crippen LogP contribution in [0.4, 0.5) is 0 Å². The Kier molecular flexibility index (Phi) is 7.14. The van der Waals surface area contributed by atoms with Gasteiger partial charge in [0.2, 0.25) is 0 Å². The van der Waals surface area contributed by atoms with Crippen molar-refractivity contribution in [1.29, 1.82) is 0 Å². The van der Waals surface area contributed by atoms with Gasteiger partial charge in [-0.2, -0.15) is 0 Å². The van der Waals surface area contributed by atoms with Gasteiger partial charge in [-0.3, -0.25) is 4.79 Å². The lowest BCUT2D eigenvalue weighted by Gasteiger charge is -2.31. The zero-order chi connectivity index (χ0) is 20.7. The van der Waals surface area contributed by atoms with Crippen molar-refractivity contribution in [2.75, 3.05) is 26.3 Å². The lowest BCUT2D eigenvalue weighted by atomic mass is 10.1. The number of sulfone groups is 1. The molecule has 0 saturated carbocycles. The minimum Gasteiger partial charge on any atom is -0.494 e. The topological polar surface area (TPSA) is 72.9 Å². The number of hydrogen-bond donors (Lipinski definition) is 0. The van der Waals surface area contributed by atoms with E-state index in [1.165, 1.54) is 0 Å². The average molecular weight is 418 g/mol. The molecule has 0 spiro atoms. The number of nitrogens with zero attached hydrogens (tertiary/aromatic N) is 1. The van der Waals surface area contributed by atoms with Crippen LogP contribution in [0.5, 0.6) is 11.5 Å². The van der Waals surface area contributed by atoms with Gasteiger partial charge >= 0.3 is 0 Å². The monoisotopic (exact) mass is 417 g/mol. The van der Waals surface area contributed by atoms with Crippen molar-refractivity contribution in [1.82, 2.24) is 4.90 Å². The average Bonchev–Trinajstić information content (AvgIpc) is 2.74. The Morgan fingerprint density at radius 1 is 0.966 bits per heavy atom. The zero-order valence-electron chi connectivity index (χ0n) is 16.6. The molecule has 29 heavy (non-hydrogen) atoms. The predicted molar refractivity (Wildman–Crippen MR) is 112 cm³/mol. The van der Waals surface area contributed by atoms with Crippen molar-refractivity contribution in [3.8, 4) is 11.5 Å². The van der Waals surface area contributed by atoms with Crippen molar-refractivity contribution < 1.29 is 22.7 Å². The maximum atomic E-state index is 12.7. The second-order valence-electron chi connectivity index (χ2n) is 7.07. The number of amides is 1. The smallest absolute Gasteiger partial charge is 0.260 e. The minimum atomic E-state index is -3.23. The minimum absolute atomic E-state index is 0.0489.